The van der Waals surface area contributed by atoms with Gasteiger partial charge >= 0.3 is 5.69 Å². The van der Waals surface area contributed by atoms with Crippen molar-refractivity contribution in [2.24, 2.45) is 0 Å². The Bertz CT molecular complexity index is 650. The molecule has 0 bridgehead atoms. The molecule has 1 aliphatic rings. The lowest BCUT2D eigenvalue weighted by Gasteiger charge is -2.16. The van der Waals surface area contributed by atoms with Crippen LogP contribution in [0.1, 0.15) is 11.8 Å². The van der Waals surface area contributed by atoms with Gasteiger partial charge in [-0.05, 0) is 0 Å². The Labute approximate surface area is 112 Å². The molecular formula is C12H11F2N3O3. The molecule has 1 fully saturated rings. The summed E-state index contributed by atoms with van der Waals surface area (Å²) in [6.45, 7) is -0.619. The van der Waals surface area contributed by atoms with Gasteiger partial charge in [-0.25, -0.2) is 13.6 Å². The molecule has 8 heteroatoms. The highest BCUT2D eigenvalue weighted by molar-refractivity contribution is 5.47. The Balaban J connectivity index is 2.48. The fourth-order valence-electron chi connectivity index (χ4n) is 1.92. The van der Waals surface area contributed by atoms with E-state index >= 15 is 0 Å². The van der Waals surface area contributed by atoms with Crippen molar-refractivity contribution in [3.8, 4) is 12.3 Å². The normalized spacial score (nSPS) is 27.7. The van der Waals surface area contributed by atoms with Crippen LogP contribution < -0.4 is 11.4 Å². The van der Waals surface area contributed by atoms with Crippen LogP contribution in [0.15, 0.2) is 22.9 Å². The summed E-state index contributed by atoms with van der Waals surface area (Å²) in [5.41, 5.74) is 4.24. The fourth-order valence-corrected chi connectivity index (χ4v) is 1.92. The van der Waals surface area contributed by atoms with E-state index in [4.69, 9.17) is 22.0 Å². The number of aromatic nitrogens is 2. The number of aliphatic hydroxyl groups is 1. The summed E-state index contributed by atoms with van der Waals surface area (Å²) in [4.78, 5) is 15.2. The summed E-state index contributed by atoms with van der Waals surface area (Å²) >= 11 is 0. The second-order valence-electron chi connectivity index (χ2n) is 4.08. The minimum absolute atomic E-state index is 0.0173. The van der Waals surface area contributed by atoms with Crippen molar-refractivity contribution in [2.75, 3.05) is 12.3 Å². The van der Waals surface area contributed by atoms with Gasteiger partial charge in [0, 0.05) is 11.8 Å². The standard InChI is InChI=1S/C12H11F2N3O3/c1-2-6-4-17(12(19)16-10(6)15)11-9(14)7(3-13)8(5-18)20-11/h1,3-4,8-9,11,18H,5H2,(H2,15,16,19)/b7-3-. The molecule has 106 valence electrons. The number of hydrogen-bond acceptors (Lipinski definition) is 5. The lowest BCUT2D eigenvalue weighted by atomic mass is 10.1. The maximum absolute atomic E-state index is 14.1. The molecule has 3 unspecified atom stereocenters. The third kappa shape index (κ3) is 2.17. The number of hydrogen-bond donors (Lipinski definition) is 2. The van der Waals surface area contributed by atoms with Gasteiger partial charge in [0.1, 0.15) is 11.9 Å². The minimum atomic E-state index is -1.94. The monoisotopic (exact) mass is 283 g/mol. The quantitative estimate of drug-likeness (QED) is 0.739. The lowest BCUT2D eigenvalue weighted by molar-refractivity contribution is -0.0375. The number of nitrogens with zero attached hydrogens (tertiary/aromatic N) is 2. The van der Waals surface area contributed by atoms with E-state index in [2.05, 4.69) is 10.9 Å². The molecular weight excluding hydrogens is 272 g/mol. The molecule has 20 heavy (non-hydrogen) atoms. The molecule has 0 amide bonds. The third-order valence-corrected chi connectivity index (χ3v) is 2.95. The second-order valence-corrected chi connectivity index (χ2v) is 4.08. The average Bonchev–Trinajstić information content (AvgIpc) is 2.75. The van der Waals surface area contributed by atoms with Crippen LogP contribution >= 0.6 is 0 Å². The van der Waals surface area contributed by atoms with Gasteiger partial charge in [-0.1, -0.05) is 5.92 Å². The zero-order chi connectivity index (χ0) is 14.9. The summed E-state index contributed by atoms with van der Waals surface area (Å²) in [5, 5.41) is 9.01. The van der Waals surface area contributed by atoms with E-state index in [-0.39, 0.29) is 23.3 Å². The number of halogens is 2. The highest BCUT2D eigenvalue weighted by Gasteiger charge is 2.42. The Morgan fingerprint density at radius 3 is 2.90 bits per heavy atom. The number of ether oxygens (including phenoxy) is 1. The molecule has 2 heterocycles. The largest absolute Gasteiger partial charge is 0.393 e. The third-order valence-electron chi connectivity index (χ3n) is 2.95. The zero-order valence-corrected chi connectivity index (χ0v) is 10.2. The van der Waals surface area contributed by atoms with Gasteiger partial charge in [-0.2, -0.15) is 4.98 Å². The van der Waals surface area contributed by atoms with Gasteiger partial charge in [0.25, 0.3) is 0 Å². The van der Waals surface area contributed by atoms with E-state index < -0.39 is 30.8 Å². The smallest absolute Gasteiger partial charge is 0.351 e. The van der Waals surface area contributed by atoms with Gasteiger partial charge in [0.05, 0.1) is 18.5 Å². The van der Waals surface area contributed by atoms with E-state index in [0.717, 1.165) is 10.8 Å². The van der Waals surface area contributed by atoms with E-state index in [0.29, 0.717) is 0 Å². The van der Waals surface area contributed by atoms with Crippen LogP contribution in [0, 0.1) is 12.3 Å². The van der Waals surface area contributed by atoms with E-state index in [1.165, 1.54) is 0 Å². The predicted octanol–water partition coefficient (Wildman–Crippen LogP) is -0.112. The summed E-state index contributed by atoms with van der Waals surface area (Å²) in [5.74, 6) is 2.02. The molecule has 3 N–H and O–H groups in total. The molecule has 0 aliphatic carbocycles. The molecule has 2 rings (SSSR count). The first-order valence-corrected chi connectivity index (χ1v) is 5.59. The van der Waals surface area contributed by atoms with E-state index in [1.807, 2.05) is 0 Å². The number of terminal acetylenes is 1. The van der Waals surface area contributed by atoms with Gasteiger partial charge in [-0.15, -0.1) is 6.42 Å². The lowest BCUT2D eigenvalue weighted by Crippen LogP contribution is -2.31. The van der Waals surface area contributed by atoms with Crippen molar-refractivity contribution < 1.29 is 18.6 Å². The fraction of sp³-hybridized carbons (Fsp3) is 0.333. The molecule has 0 saturated carbocycles. The van der Waals surface area contributed by atoms with Gasteiger partial charge in [0.2, 0.25) is 0 Å². The first-order chi connectivity index (χ1) is 9.53. The molecule has 0 aromatic carbocycles. The first-order valence-electron chi connectivity index (χ1n) is 5.59. The summed E-state index contributed by atoms with van der Waals surface area (Å²) in [6.07, 6.45) is 1.74. The van der Waals surface area contributed by atoms with Gasteiger partial charge < -0.3 is 15.6 Å². The highest BCUT2D eigenvalue weighted by Crippen LogP contribution is 2.35. The number of nitrogens with two attached hydrogens (primary N) is 1. The first kappa shape index (κ1) is 14.2. The van der Waals surface area contributed by atoms with Crippen LogP contribution in [0.5, 0.6) is 0 Å². The Morgan fingerprint density at radius 1 is 1.70 bits per heavy atom. The van der Waals surface area contributed by atoms with E-state index in [9.17, 15) is 13.6 Å². The van der Waals surface area contributed by atoms with Crippen molar-refractivity contribution in [1.82, 2.24) is 9.55 Å². The Kier molecular flexibility index (Phi) is 3.83. The van der Waals surface area contributed by atoms with Crippen molar-refractivity contribution in [3.63, 3.8) is 0 Å². The van der Waals surface area contributed by atoms with Crippen LogP contribution in [-0.4, -0.2) is 33.5 Å². The van der Waals surface area contributed by atoms with Crippen LogP contribution in [0.4, 0.5) is 14.6 Å². The molecule has 1 saturated heterocycles. The number of rotatable bonds is 2. The minimum Gasteiger partial charge on any atom is -0.393 e. The summed E-state index contributed by atoms with van der Waals surface area (Å²) in [6, 6.07) is 0. The molecule has 0 radical (unpaired) electrons. The van der Waals surface area contributed by atoms with Crippen molar-refractivity contribution in [1.29, 1.82) is 0 Å². The van der Waals surface area contributed by atoms with E-state index in [1.54, 1.807) is 0 Å². The van der Waals surface area contributed by atoms with Gasteiger partial charge in [0.15, 0.2) is 12.4 Å². The zero-order valence-electron chi connectivity index (χ0n) is 10.2. The summed E-state index contributed by atoms with van der Waals surface area (Å²) < 4.78 is 32.6. The summed E-state index contributed by atoms with van der Waals surface area (Å²) in [7, 11) is 0. The predicted molar refractivity (Wildman–Crippen MR) is 65.9 cm³/mol. The number of aliphatic hydroxyl groups excluding tert-OH is 1. The SMILES string of the molecule is C#Cc1cn(C2OC(CO)/C(=C/F)C2F)c(=O)nc1N. The molecule has 0 spiro atoms. The van der Waals surface area contributed by atoms with Crippen LogP contribution in [0.2, 0.25) is 0 Å². The number of anilines is 1. The number of nitrogen functional groups attached to an aromatic ring is 1. The highest BCUT2D eigenvalue weighted by atomic mass is 19.1. The number of alkyl halides is 1. The molecule has 3 atom stereocenters. The van der Waals surface area contributed by atoms with Crippen molar-refractivity contribution >= 4 is 5.82 Å². The maximum Gasteiger partial charge on any atom is 0.351 e. The molecule has 6 nitrogen and oxygen atoms in total. The maximum atomic E-state index is 14.1. The second kappa shape index (κ2) is 5.40. The Hall–Kier alpha value is -2.24. The molecule has 1 aliphatic heterocycles. The Morgan fingerprint density at radius 2 is 2.40 bits per heavy atom. The van der Waals surface area contributed by atoms with Gasteiger partial charge in [-0.3, -0.25) is 4.57 Å². The average molecular weight is 283 g/mol. The molecule has 1 aromatic rings. The molecule has 1 aromatic heterocycles. The van der Waals surface area contributed by atoms with Crippen LogP contribution in [0.3, 0.4) is 0 Å². The van der Waals surface area contributed by atoms with Crippen LogP contribution in [0.25, 0.3) is 0 Å². The topological polar surface area (TPSA) is 90.4 Å². The van der Waals surface area contributed by atoms with Crippen molar-refractivity contribution in [2.45, 2.75) is 18.5 Å². The van der Waals surface area contributed by atoms with Crippen LogP contribution in [-0.2, 0) is 4.74 Å². The van der Waals surface area contributed by atoms with Crippen molar-refractivity contribution in [3.05, 3.63) is 34.1 Å².